The molecule has 2 aromatic heterocycles. The number of carbonyl (C=O) groups excluding carboxylic acids is 3. The monoisotopic (exact) mass is 438 g/mol. The molecule has 0 fully saturated rings. The summed E-state index contributed by atoms with van der Waals surface area (Å²) in [6, 6.07) is 11.5. The standard InChI is InChI=1S/C23H26N4O5/c1-13(2)20(23(30)24-4)26-22(29)18-9-8-17(31-18)16-7-5-6-15(11-16)12-25-21(28)19-10-14(3)27-32-19/h5-11,13,20H,12H2,1-4H3,(H,24,30)(H,25,28)(H,26,29). The van der Waals surface area contributed by atoms with Crippen LogP contribution in [0, 0.1) is 12.8 Å². The van der Waals surface area contributed by atoms with Crippen LogP contribution in [0.4, 0.5) is 0 Å². The zero-order chi connectivity index (χ0) is 23.3. The van der Waals surface area contributed by atoms with E-state index >= 15 is 0 Å². The van der Waals surface area contributed by atoms with Crippen LogP contribution in [0.2, 0.25) is 0 Å². The van der Waals surface area contributed by atoms with E-state index in [4.69, 9.17) is 8.94 Å². The number of furan rings is 1. The quantitative estimate of drug-likeness (QED) is 0.496. The van der Waals surface area contributed by atoms with Crippen LogP contribution in [0.1, 0.15) is 46.2 Å². The first kappa shape index (κ1) is 22.8. The molecule has 1 atom stereocenters. The minimum atomic E-state index is -0.666. The van der Waals surface area contributed by atoms with Crippen molar-refractivity contribution in [2.75, 3.05) is 7.05 Å². The molecule has 2 heterocycles. The summed E-state index contributed by atoms with van der Waals surface area (Å²) in [5, 5.41) is 11.7. The molecule has 0 aliphatic carbocycles. The van der Waals surface area contributed by atoms with Crippen LogP contribution in [0.15, 0.2) is 51.4 Å². The lowest BCUT2D eigenvalue weighted by molar-refractivity contribution is -0.123. The number of hydrogen-bond donors (Lipinski definition) is 3. The molecule has 0 radical (unpaired) electrons. The van der Waals surface area contributed by atoms with Crippen molar-refractivity contribution in [3.8, 4) is 11.3 Å². The summed E-state index contributed by atoms with van der Waals surface area (Å²) < 4.78 is 10.7. The predicted molar refractivity (Wildman–Crippen MR) is 117 cm³/mol. The molecule has 3 rings (SSSR count). The van der Waals surface area contributed by atoms with Gasteiger partial charge in [0.25, 0.3) is 11.8 Å². The summed E-state index contributed by atoms with van der Waals surface area (Å²) in [6.07, 6.45) is 0. The van der Waals surface area contributed by atoms with E-state index in [1.165, 1.54) is 7.05 Å². The van der Waals surface area contributed by atoms with Gasteiger partial charge in [0.15, 0.2) is 5.76 Å². The molecule has 3 aromatic rings. The Balaban J connectivity index is 1.67. The van der Waals surface area contributed by atoms with Crippen LogP contribution < -0.4 is 16.0 Å². The fraction of sp³-hybridized carbons (Fsp3) is 0.304. The maximum absolute atomic E-state index is 12.6. The molecule has 32 heavy (non-hydrogen) atoms. The van der Waals surface area contributed by atoms with Gasteiger partial charge in [-0.15, -0.1) is 0 Å². The first-order valence-corrected chi connectivity index (χ1v) is 10.2. The number of aryl methyl sites for hydroxylation is 1. The van der Waals surface area contributed by atoms with Crippen molar-refractivity contribution in [1.29, 1.82) is 0 Å². The number of aromatic nitrogens is 1. The summed E-state index contributed by atoms with van der Waals surface area (Å²) in [6.45, 7) is 5.72. The third kappa shape index (κ3) is 5.42. The molecule has 0 aliphatic heterocycles. The van der Waals surface area contributed by atoms with Crippen molar-refractivity contribution in [1.82, 2.24) is 21.1 Å². The summed E-state index contributed by atoms with van der Waals surface area (Å²) in [5.74, 6) is -0.425. The molecule has 0 bridgehead atoms. The summed E-state index contributed by atoms with van der Waals surface area (Å²) >= 11 is 0. The maximum Gasteiger partial charge on any atom is 0.290 e. The summed E-state index contributed by atoms with van der Waals surface area (Å²) in [7, 11) is 1.52. The van der Waals surface area contributed by atoms with E-state index < -0.39 is 11.9 Å². The van der Waals surface area contributed by atoms with Gasteiger partial charge in [-0.05, 0) is 36.6 Å². The van der Waals surface area contributed by atoms with Gasteiger partial charge in [0.2, 0.25) is 11.7 Å². The van der Waals surface area contributed by atoms with Crippen LogP contribution in [-0.4, -0.2) is 36.0 Å². The van der Waals surface area contributed by atoms with E-state index in [-0.39, 0.29) is 35.8 Å². The summed E-state index contributed by atoms with van der Waals surface area (Å²) in [4.78, 5) is 36.7. The molecule has 0 saturated carbocycles. The van der Waals surface area contributed by atoms with Gasteiger partial charge in [0, 0.05) is 25.2 Å². The molecule has 0 spiro atoms. The van der Waals surface area contributed by atoms with Crippen LogP contribution in [0.3, 0.4) is 0 Å². The van der Waals surface area contributed by atoms with Crippen LogP contribution >= 0.6 is 0 Å². The molecule has 1 aromatic carbocycles. The van der Waals surface area contributed by atoms with E-state index in [2.05, 4.69) is 21.1 Å². The molecule has 0 saturated heterocycles. The number of amides is 3. The number of carbonyl (C=O) groups is 3. The lowest BCUT2D eigenvalue weighted by Crippen LogP contribution is -2.48. The fourth-order valence-corrected chi connectivity index (χ4v) is 3.09. The molecule has 9 nitrogen and oxygen atoms in total. The van der Waals surface area contributed by atoms with Crippen molar-refractivity contribution in [2.24, 2.45) is 5.92 Å². The highest BCUT2D eigenvalue weighted by Crippen LogP contribution is 2.23. The Morgan fingerprint density at radius 2 is 1.81 bits per heavy atom. The summed E-state index contributed by atoms with van der Waals surface area (Å²) in [5.41, 5.74) is 2.22. The lowest BCUT2D eigenvalue weighted by atomic mass is 10.0. The molecular weight excluding hydrogens is 412 g/mol. The Morgan fingerprint density at radius 1 is 1.03 bits per heavy atom. The van der Waals surface area contributed by atoms with E-state index in [1.807, 2.05) is 38.1 Å². The van der Waals surface area contributed by atoms with Crippen molar-refractivity contribution >= 4 is 17.7 Å². The van der Waals surface area contributed by atoms with Gasteiger partial charge in [0.1, 0.15) is 11.8 Å². The lowest BCUT2D eigenvalue weighted by Gasteiger charge is -2.19. The SMILES string of the molecule is CNC(=O)C(NC(=O)c1ccc(-c2cccc(CNC(=O)c3cc(C)no3)c2)o1)C(C)C. The Labute approximate surface area is 185 Å². The first-order valence-electron chi connectivity index (χ1n) is 10.2. The minimum Gasteiger partial charge on any atom is -0.451 e. The maximum atomic E-state index is 12.6. The number of likely N-dealkylation sites (N-methyl/N-ethyl adjacent to an activating group) is 1. The van der Waals surface area contributed by atoms with E-state index in [0.717, 1.165) is 11.1 Å². The number of rotatable bonds is 8. The number of hydrogen-bond acceptors (Lipinski definition) is 6. The van der Waals surface area contributed by atoms with E-state index in [1.54, 1.807) is 25.1 Å². The molecule has 1 unspecified atom stereocenters. The van der Waals surface area contributed by atoms with Gasteiger partial charge < -0.3 is 24.9 Å². The Morgan fingerprint density at radius 3 is 2.47 bits per heavy atom. The largest absolute Gasteiger partial charge is 0.451 e. The van der Waals surface area contributed by atoms with Crippen LogP contribution in [0.5, 0.6) is 0 Å². The van der Waals surface area contributed by atoms with Gasteiger partial charge in [-0.25, -0.2) is 0 Å². The average Bonchev–Trinajstić information content (AvgIpc) is 3.44. The van der Waals surface area contributed by atoms with Crippen molar-refractivity contribution < 1.29 is 23.3 Å². The molecule has 3 N–H and O–H groups in total. The number of benzene rings is 1. The predicted octanol–water partition coefficient (Wildman–Crippen LogP) is 2.67. The Bertz CT molecular complexity index is 1120. The van der Waals surface area contributed by atoms with Crippen molar-refractivity contribution in [2.45, 2.75) is 33.4 Å². The zero-order valence-electron chi connectivity index (χ0n) is 18.4. The zero-order valence-corrected chi connectivity index (χ0v) is 18.4. The number of nitrogens with one attached hydrogen (secondary N) is 3. The highest BCUT2D eigenvalue weighted by molar-refractivity contribution is 5.96. The highest BCUT2D eigenvalue weighted by atomic mass is 16.5. The van der Waals surface area contributed by atoms with Crippen LogP contribution in [-0.2, 0) is 11.3 Å². The smallest absolute Gasteiger partial charge is 0.290 e. The second-order valence-corrected chi connectivity index (χ2v) is 7.69. The fourth-order valence-electron chi connectivity index (χ4n) is 3.09. The van der Waals surface area contributed by atoms with E-state index in [9.17, 15) is 14.4 Å². The second-order valence-electron chi connectivity index (χ2n) is 7.69. The highest BCUT2D eigenvalue weighted by Gasteiger charge is 2.25. The molecule has 9 heteroatoms. The van der Waals surface area contributed by atoms with Gasteiger partial charge in [-0.3, -0.25) is 14.4 Å². The van der Waals surface area contributed by atoms with Gasteiger partial charge in [-0.1, -0.05) is 37.2 Å². The topological polar surface area (TPSA) is 126 Å². The van der Waals surface area contributed by atoms with Gasteiger partial charge >= 0.3 is 0 Å². The normalized spacial score (nSPS) is 11.8. The first-order chi connectivity index (χ1) is 15.3. The average molecular weight is 438 g/mol. The van der Waals surface area contributed by atoms with Crippen molar-refractivity contribution in [3.63, 3.8) is 0 Å². The molecule has 3 amide bonds. The van der Waals surface area contributed by atoms with Gasteiger partial charge in [0.05, 0.1) is 5.69 Å². The Kier molecular flexibility index (Phi) is 7.09. The third-order valence-electron chi connectivity index (χ3n) is 4.83. The van der Waals surface area contributed by atoms with Crippen molar-refractivity contribution in [3.05, 3.63) is 65.2 Å². The van der Waals surface area contributed by atoms with E-state index in [0.29, 0.717) is 11.5 Å². The Hall–Kier alpha value is -3.88. The minimum absolute atomic E-state index is 0.0823. The van der Waals surface area contributed by atoms with Gasteiger partial charge in [-0.2, -0.15) is 0 Å². The molecule has 0 aliphatic rings. The molecule has 168 valence electrons. The molecular formula is C23H26N4O5. The van der Waals surface area contributed by atoms with Crippen LogP contribution in [0.25, 0.3) is 11.3 Å². The second kappa shape index (κ2) is 9.95. The number of nitrogens with zero attached hydrogens (tertiary/aromatic N) is 1. The third-order valence-corrected chi connectivity index (χ3v) is 4.83.